The van der Waals surface area contributed by atoms with Gasteiger partial charge in [-0.2, -0.15) is 5.26 Å². The molecule has 1 aliphatic heterocycles. The van der Waals surface area contributed by atoms with Gasteiger partial charge < -0.3 is 14.7 Å². The fraction of sp³-hybridized carbons (Fsp3) is 0.375. The van der Waals surface area contributed by atoms with Gasteiger partial charge in [-0.25, -0.2) is 4.79 Å². The maximum absolute atomic E-state index is 10.9. The van der Waals surface area contributed by atoms with Crippen molar-refractivity contribution in [2.45, 2.75) is 19.3 Å². The number of carboxylic acids is 1. The normalized spacial score (nSPS) is 15.4. The maximum Gasteiger partial charge on any atom is 0.346 e. The second-order valence-corrected chi connectivity index (χ2v) is 4.95. The van der Waals surface area contributed by atoms with Crippen molar-refractivity contribution in [3.05, 3.63) is 29.3 Å². The van der Waals surface area contributed by atoms with E-state index in [1.807, 2.05) is 12.1 Å². The number of methoxy groups -OCH3 is 1. The van der Waals surface area contributed by atoms with Crippen molar-refractivity contribution in [3.63, 3.8) is 0 Å². The van der Waals surface area contributed by atoms with Gasteiger partial charge in [-0.3, -0.25) is 0 Å². The van der Waals surface area contributed by atoms with Gasteiger partial charge in [-0.1, -0.05) is 0 Å². The summed E-state index contributed by atoms with van der Waals surface area (Å²) < 4.78 is 5.33. The van der Waals surface area contributed by atoms with E-state index in [-0.39, 0.29) is 5.57 Å². The predicted molar refractivity (Wildman–Crippen MR) is 80.3 cm³/mol. The van der Waals surface area contributed by atoms with Gasteiger partial charge in [0, 0.05) is 30.4 Å². The van der Waals surface area contributed by atoms with Crippen LogP contribution >= 0.6 is 0 Å². The predicted octanol–water partition coefficient (Wildman–Crippen LogP) is 2.68. The van der Waals surface area contributed by atoms with Gasteiger partial charge in [0.15, 0.2) is 0 Å². The highest BCUT2D eigenvalue weighted by Gasteiger charge is 2.14. The summed E-state index contributed by atoms with van der Waals surface area (Å²) in [5, 5.41) is 17.7. The quantitative estimate of drug-likeness (QED) is 0.680. The lowest BCUT2D eigenvalue weighted by atomic mass is 10.1. The van der Waals surface area contributed by atoms with Crippen LogP contribution in [0.25, 0.3) is 6.08 Å². The lowest BCUT2D eigenvalue weighted by molar-refractivity contribution is -0.132. The minimum Gasteiger partial charge on any atom is -0.496 e. The third-order valence-electron chi connectivity index (χ3n) is 3.59. The molecule has 5 heteroatoms. The van der Waals surface area contributed by atoms with Crippen molar-refractivity contribution in [2.75, 3.05) is 25.1 Å². The van der Waals surface area contributed by atoms with Crippen molar-refractivity contribution in [1.29, 1.82) is 5.26 Å². The molecule has 1 heterocycles. The number of nitriles is 1. The van der Waals surface area contributed by atoms with Crippen LogP contribution in [0.4, 0.5) is 5.69 Å². The number of ether oxygens (including phenoxy) is 1. The third kappa shape index (κ3) is 3.54. The van der Waals surface area contributed by atoms with Crippen molar-refractivity contribution >= 4 is 17.7 Å². The Hall–Kier alpha value is -2.48. The molecule has 21 heavy (non-hydrogen) atoms. The minimum absolute atomic E-state index is 0.306. The fourth-order valence-corrected chi connectivity index (χ4v) is 2.47. The molecule has 1 fully saturated rings. The van der Waals surface area contributed by atoms with E-state index in [4.69, 9.17) is 15.1 Å². The van der Waals surface area contributed by atoms with Crippen LogP contribution in [0.5, 0.6) is 5.75 Å². The molecule has 0 unspecified atom stereocenters. The van der Waals surface area contributed by atoms with Crippen LogP contribution in [0, 0.1) is 11.3 Å². The molecule has 0 atom stereocenters. The average molecular weight is 286 g/mol. The van der Waals surface area contributed by atoms with Gasteiger partial charge in [-0.05, 0) is 37.5 Å². The van der Waals surface area contributed by atoms with Crippen LogP contribution < -0.4 is 9.64 Å². The zero-order valence-electron chi connectivity index (χ0n) is 12.0. The molecule has 1 aromatic rings. The lowest BCUT2D eigenvalue weighted by Gasteiger charge is -2.29. The highest BCUT2D eigenvalue weighted by molar-refractivity contribution is 5.97. The van der Waals surface area contributed by atoms with Gasteiger partial charge in [-0.15, -0.1) is 0 Å². The first-order chi connectivity index (χ1) is 10.2. The van der Waals surface area contributed by atoms with Gasteiger partial charge in [0.25, 0.3) is 0 Å². The molecular formula is C16H18N2O3. The number of aliphatic carboxylic acids is 1. The zero-order chi connectivity index (χ0) is 15.2. The smallest absolute Gasteiger partial charge is 0.346 e. The van der Waals surface area contributed by atoms with E-state index in [0.717, 1.165) is 18.8 Å². The largest absolute Gasteiger partial charge is 0.496 e. The summed E-state index contributed by atoms with van der Waals surface area (Å²) in [7, 11) is 1.54. The monoisotopic (exact) mass is 286 g/mol. The second kappa shape index (κ2) is 6.80. The molecule has 5 nitrogen and oxygen atoms in total. The number of piperidine rings is 1. The molecule has 0 spiro atoms. The molecule has 1 aromatic carbocycles. The molecule has 0 radical (unpaired) electrons. The molecule has 1 saturated heterocycles. The molecule has 0 amide bonds. The summed E-state index contributed by atoms with van der Waals surface area (Å²) in [5.74, 6) is -0.660. The molecule has 0 saturated carbocycles. The van der Waals surface area contributed by atoms with Crippen LogP contribution in [0.3, 0.4) is 0 Å². The van der Waals surface area contributed by atoms with Crippen molar-refractivity contribution in [1.82, 2.24) is 0 Å². The molecule has 0 bridgehead atoms. The Kier molecular flexibility index (Phi) is 4.83. The minimum atomic E-state index is -1.24. The fourth-order valence-electron chi connectivity index (χ4n) is 2.47. The Balaban J connectivity index is 2.32. The number of carboxylic acid groups (broad SMARTS) is 1. The molecule has 1 aliphatic rings. The SMILES string of the molecule is COc1cc(N2CCCCC2)ccc1/C=C(\C#N)C(=O)O. The van der Waals surface area contributed by atoms with E-state index >= 15 is 0 Å². The summed E-state index contributed by atoms with van der Waals surface area (Å²) >= 11 is 0. The molecule has 2 rings (SSSR count). The second-order valence-electron chi connectivity index (χ2n) is 4.95. The van der Waals surface area contributed by atoms with Gasteiger partial charge >= 0.3 is 5.97 Å². The number of hydrogen-bond acceptors (Lipinski definition) is 4. The van der Waals surface area contributed by atoms with Gasteiger partial charge in [0.2, 0.25) is 0 Å². The molecule has 110 valence electrons. The summed E-state index contributed by atoms with van der Waals surface area (Å²) in [6, 6.07) is 7.31. The Labute approximate surface area is 124 Å². The Bertz CT molecular complexity index is 596. The molecular weight excluding hydrogens is 268 g/mol. The summed E-state index contributed by atoms with van der Waals surface area (Å²) in [5.41, 5.74) is 1.36. The topological polar surface area (TPSA) is 73.6 Å². The van der Waals surface area contributed by atoms with E-state index in [1.54, 1.807) is 19.2 Å². The van der Waals surface area contributed by atoms with Gasteiger partial charge in [0.05, 0.1) is 7.11 Å². The first-order valence-electron chi connectivity index (χ1n) is 6.94. The Morgan fingerprint density at radius 3 is 2.67 bits per heavy atom. The standard InChI is InChI=1S/C16H18N2O3/c1-21-15-10-14(18-7-3-2-4-8-18)6-5-12(15)9-13(11-17)16(19)20/h5-6,9-10H,2-4,7-8H2,1H3,(H,19,20)/b13-9+. The van der Waals surface area contributed by atoms with Gasteiger partial charge in [0.1, 0.15) is 17.4 Å². The number of nitrogens with zero attached hydrogens (tertiary/aromatic N) is 2. The van der Waals surface area contributed by atoms with E-state index in [0.29, 0.717) is 11.3 Å². The Morgan fingerprint density at radius 2 is 2.10 bits per heavy atom. The van der Waals surface area contributed by atoms with Crippen molar-refractivity contribution in [2.24, 2.45) is 0 Å². The average Bonchev–Trinajstić information content (AvgIpc) is 2.53. The number of hydrogen-bond donors (Lipinski definition) is 1. The molecule has 1 N–H and O–H groups in total. The number of rotatable bonds is 4. The van der Waals surface area contributed by atoms with E-state index in [9.17, 15) is 4.79 Å². The number of benzene rings is 1. The summed E-state index contributed by atoms with van der Waals surface area (Å²) in [6.07, 6.45) is 4.96. The van der Waals surface area contributed by atoms with Crippen molar-refractivity contribution < 1.29 is 14.6 Å². The highest BCUT2D eigenvalue weighted by atomic mass is 16.5. The van der Waals surface area contributed by atoms with E-state index in [2.05, 4.69) is 4.90 Å². The highest BCUT2D eigenvalue weighted by Crippen LogP contribution is 2.29. The zero-order valence-corrected chi connectivity index (χ0v) is 12.0. The first-order valence-corrected chi connectivity index (χ1v) is 6.94. The first kappa shape index (κ1) is 14.9. The summed E-state index contributed by atoms with van der Waals surface area (Å²) in [4.78, 5) is 13.2. The van der Waals surface area contributed by atoms with E-state index < -0.39 is 5.97 Å². The van der Waals surface area contributed by atoms with Crippen LogP contribution in [-0.2, 0) is 4.79 Å². The third-order valence-corrected chi connectivity index (χ3v) is 3.59. The van der Waals surface area contributed by atoms with Crippen LogP contribution in [0.1, 0.15) is 24.8 Å². The van der Waals surface area contributed by atoms with Crippen LogP contribution in [0.2, 0.25) is 0 Å². The number of anilines is 1. The van der Waals surface area contributed by atoms with E-state index in [1.165, 1.54) is 25.3 Å². The number of carbonyl (C=O) groups is 1. The molecule has 0 aromatic heterocycles. The lowest BCUT2D eigenvalue weighted by Crippen LogP contribution is -2.29. The summed E-state index contributed by atoms with van der Waals surface area (Å²) in [6.45, 7) is 2.05. The molecule has 0 aliphatic carbocycles. The van der Waals surface area contributed by atoms with Crippen LogP contribution in [-0.4, -0.2) is 31.3 Å². The van der Waals surface area contributed by atoms with Crippen molar-refractivity contribution in [3.8, 4) is 11.8 Å². The maximum atomic E-state index is 10.9. The van der Waals surface area contributed by atoms with Crippen LogP contribution in [0.15, 0.2) is 23.8 Å². The Morgan fingerprint density at radius 1 is 1.38 bits per heavy atom.